The first kappa shape index (κ1) is 11.0. The number of nitrogens with zero attached hydrogens (tertiary/aromatic N) is 1. The van der Waals surface area contributed by atoms with Crippen LogP contribution in [-0.2, 0) is 0 Å². The van der Waals surface area contributed by atoms with Crippen molar-refractivity contribution in [1.29, 1.82) is 0 Å². The Morgan fingerprint density at radius 3 is 2.88 bits per heavy atom. The first-order valence-corrected chi connectivity index (χ1v) is 5.40. The molecule has 5 heteroatoms. The first-order valence-electron chi connectivity index (χ1n) is 5.40. The van der Waals surface area contributed by atoms with Crippen LogP contribution in [0.4, 0.5) is 11.5 Å². The van der Waals surface area contributed by atoms with Crippen LogP contribution in [0.5, 0.6) is 5.88 Å². The molecule has 1 heterocycles. The molecule has 4 N–H and O–H groups in total. The van der Waals surface area contributed by atoms with Crippen LogP contribution in [0.2, 0.25) is 0 Å². The van der Waals surface area contributed by atoms with Crippen LogP contribution in [0, 0.1) is 0 Å². The van der Waals surface area contributed by atoms with Gasteiger partial charge in [-0.1, -0.05) is 0 Å². The molecule has 1 aromatic heterocycles. The number of hydrogen-bond acceptors (Lipinski definition) is 5. The summed E-state index contributed by atoms with van der Waals surface area (Å²) in [7, 11) is 1.53. The molecule has 0 radical (unpaired) electrons. The molecule has 0 saturated heterocycles. The molecule has 88 valence electrons. The van der Waals surface area contributed by atoms with Crippen molar-refractivity contribution in [2.45, 2.75) is 24.9 Å². The third kappa shape index (κ3) is 2.19. The summed E-state index contributed by atoms with van der Waals surface area (Å²) in [5.74, 6) is 1.08. The van der Waals surface area contributed by atoms with Gasteiger partial charge in [-0.15, -0.1) is 0 Å². The van der Waals surface area contributed by atoms with Gasteiger partial charge in [-0.3, -0.25) is 0 Å². The van der Waals surface area contributed by atoms with Gasteiger partial charge in [-0.2, -0.15) is 4.98 Å². The summed E-state index contributed by atoms with van der Waals surface area (Å²) >= 11 is 0. The van der Waals surface area contributed by atoms with E-state index in [4.69, 9.17) is 10.5 Å². The van der Waals surface area contributed by atoms with Gasteiger partial charge in [0.1, 0.15) is 5.82 Å². The lowest BCUT2D eigenvalue weighted by Gasteiger charge is -2.36. The van der Waals surface area contributed by atoms with E-state index in [0.29, 0.717) is 23.9 Å². The van der Waals surface area contributed by atoms with E-state index < -0.39 is 5.60 Å². The smallest absolute Gasteiger partial charge is 0.238 e. The summed E-state index contributed by atoms with van der Waals surface area (Å²) in [6, 6.07) is 3.51. The van der Waals surface area contributed by atoms with Crippen LogP contribution < -0.4 is 15.8 Å². The first-order chi connectivity index (χ1) is 7.63. The molecule has 16 heavy (non-hydrogen) atoms. The highest BCUT2D eigenvalue weighted by molar-refractivity contribution is 5.53. The van der Waals surface area contributed by atoms with Crippen molar-refractivity contribution in [3.63, 3.8) is 0 Å². The summed E-state index contributed by atoms with van der Waals surface area (Å²) in [6.45, 7) is 0.521. The summed E-state index contributed by atoms with van der Waals surface area (Å²) < 4.78 is 5.02. The SMILES string of the molecule is COc1nc(NCC2(O)CCC2)ccc1N. The lowest BCUT2D eigenvalue weighted by atomic mass is 9.80. The van der Waals surface area contributed by atoms with Crippen molar-refractivity contribution >= 4 is 11.5 Å². The molecule has 0 atom stereocenters. The zero-order valence-electron chi connectivity index (χ0n) is 9.36. The number of aliphatic hydroxyl groups is 1. The zero-order valence-corrected chi connectivity index (χ0v) is 9.36. The Bertz CT molecular complexity index is 377. The van der Waals surface area contributed by atoms with Crippen molar-refractivity contribution in [3.8, 4) is 5.88 Å². The summed E-state index contributed by atoms with van der Waals surface area (Å²) in [5, 5.41) is 13.0. The van der Waals surface area contributed by atoms with E-state index in [1.54, 1.807) is 12.1 Å². The average molecular weight is 223 g/mol. The third-order valence-electron chi connectivity index (χ3n) is 2.97. The van der Waals surface area contributed by atoms with E-state index >= 15 is 0 Å². The van der Waals surface area contributed by atoms with Gasteiger partial charge < -0.3 is 20.9 Å². The Labute approximate surface area is 94.6 Å². The summed E-state index contributed by atoms with van der Waals surface area (Å²) in [5.41, 5.74) is 5.61. The molecule has 1 aromatic rings. The molecular formula is C11H17N3O2. The molecule has 1 aliphatic carbocycles. The molecule has 0 aliphatic heterocycles. The van der Waals surface area contributed by atoms with E-state index in [1.165, 1.54) is 7.11 Å². The van der Waals surface area contributed by atoms with Gasteiger partial charge >= 0.3 is 0 Å². The van der Waals surface area contributed by atoms with E-state index in [0.717, 1.165) is 19.3 Å². The monoisotopic (exact) mass is 223 g/mol. The Morgan fingerprint density at radius 2 is 2.31 bits per heavy atom. The highest BCUT2D eigenvalue weighted by Gasteiger charge is 2.34. The highest BCUT2D eigenvalue weighted by Crippen LogP contribution is 2.31. The largest absolute Gasteiger partial charge is 0.479 e. The van der Waals surface area contributed by atoms with Crippen LogP contribution in [-0.4, -0.2) is 29.3 Å². The maximum absolute atomic E-state index is 9.91. The van der Waals surface area contributed by atoms with Gasteiger partial charge in [0, 0.05) is 6.54 Å². The van der Waals surface area contributed by atoms with Crippen LogP contribution in [0.1, 0.15) is 19.3 Å². The number of nitrogens with two attached hydrogens (primary N) is 1. The number of ether oxygens (including phenoxy) is 1. The van der Waals surface area contributed by atoms with Crippen molar-refractivity contribution in [2.24, 2.45) is 0 Å². The minimum atomic E-state index is -0.559. The molecular weight excluding hydrogens is 206 g/mol. The molecule has 0 aromatic carbocycles. The second kappa shape index (κ2) is 4.17. The van der Waals surface area contributed by atoms with Crippen LogP contribution in [0.15, 0.2) is 12.1 Å². The topological polar surface area (TPSA) is 80.4 Å². The number of aromatic nitrogens is 1. The lowest BCUT2D eigenvalue weighted by molar-refractivity contribution is -0.0202. The van der Waals surface area contributed by atoms with E-state index in [9.17, 15) is 5.11 Å². The molecule has 1 aliphatic rings. The normalized spacial score (nSPS) is 17.6. The fourth-order valence-corrected chi connectivity index (χ4v) is 1.73. The Balaban J connectivity index is 1.98. The lowest BCUT2D eigenvalue weighted by Crippen LogP contribution is -2.43. The van der Waals surface area contributed by atoms with Crippen molar-refractivity contribution in [1.82, 2.24) is 4.98 Å². The second-order valence-corrected chi connectivity index (χ2v) is 4.23. The molecule has 0 spiro atoms. The zero-order chi connectivity index (χ0) is 11.6. The predicted molar refractivity (Wildman–Crippen MR) is 62.5 cm³/mol. The maximum atomic E-state index is 9.91. The van der Waals surface area contributed by atoms with Crippen molar-refractivity contribution < 1.29 is 9.84 Å². The van der Waals surface area contributed by atoms with Crippen LogP contribution in [0.25, 0.3) is 0 Å². The Hall–Kier alpha value is -1.49. The van der Waals surface area contributed by atoms with Gasteiger partial charge in [0.05, 0.1) is 18.4 Å². The molecule has 0 unspecified atom stereocenters. The third-order valence-corrected chi connectivity index (χ3v) is 2.97. The number of anilines is 2. The van der Waals surface area contributed by atoms with Crippen LogP contribution in [0.3, 0.4) is 0 Å². The van der Waals surface area contributed by atoms with Gasteiger partial charge in [0.2, 0.25) is 5.88 Å². The number of rotatable bonds is 4. The quantitative estimate of drug-likeness (QED) is 0.709. The molecule has 2 rings (SSSR count). The van der Waals surface area contributed by atoms with Crippen LogP contribution >= 0.6 is 0 Å². The Kier molecular flexibility index (Phi) is 2.87. The van der Waals surface area contributed by atoms with Crippen molar-refractivity contribution in [3.05, 3.63) is 12.1 Å². The maximum Gasteiger partial charge on any atom is 0.238 e. The van der Waals surface area contributed by atoms with Gasteiger partial charge in [-0.25, -0.2) is 0 Å². The average Bonchev–Trinajstić information content (AvgIpc) is 2.25. The van der Waals surface area contributed by atoms with E-state index in [-0.39, 0.29) is 0 Å². The highest BCUT2D eigenvalue weighted by atomic mass is 16.5. The fourth-order valence-electron chi connectivity index (χ4n) is 1.73. The summed E-state index contributed by atoms with van der Waals surface area (Å²) in [6.07, 6.45) is 2.80. The van der Waals surface area contributed by atoms with E-state index in [1.807, 2.05) is 0 Å². The molecule has 1 saturated carbocycles. The number of nitrogens with one attached hydrogen (secondary N) is 1. The molecule has 5 nitrogen and oxygen atoms in total. The molecule has 0 amide bonds. The van der Waals surface area contributed by atoms with Crippen molar-refractivity contribution in [2.75, 3.05) is 24.7 Å². The fraction of sp³-hybridized carbons (Fsp3) is 0.545. The van der Waals surface area contributed by atoms with Gasteiger partial charge in [0.15, 0.2) is 0 Å². The van der Waals surface area contributed by atoms with Gasteiger partial charge in [-0.05, 0) is 31.4 Å². The second-order valence-electron chi connectivity index (χ2n) is 4.23. The van der Waals surface area contributed by atoms with Gasteiger partial charge in [0.25, 0.3) is 0 Å². The molecule has 1 fully saturated rings. The summed E-state index contributed by atoms with van der Waals surface area (Å²) in [4.78, 5) is 4.18. The molecule has 0 bridgehead atoms. The minimum absolute atomic E-state index is 0.408. The number of nitrogen functional groups attached to an aromatic ring is 1. The number of pyridine rings is 1. The number of methoxy groups -OCH3 is 1. The van der Waals surface area contributed by atoms with E-state index in [2.05, 4.69) is 10.3 Å². The predicted octanol–water partition coefficient (Wildman–Crippen LogP) is 0.999. The Morgan fingerprint density at radius 1 is 1.56 bits per heavy atom. The minimum Gasteiger partial charge on any atom is -0.479 e. The standard InChI is InChI=1S/C11H17N3O2/c1-16-10-8(12)3-4-9(14-10)13-7-11(15)5-2-6-11/h3-4,15H,2,5-7,12H2,1H3,(H,13,14). The number of hydrogen-bond donors (Lipinski definition) is 3.